The van der Waals surface area contributed by atoms with Gasteiger partial charge in [-0.3, -0.25) is 9.59 Å². The van der Waals surface area contributed by atoms with Crippen LogP contribution in [0, 0.1) is 0 Å². The van der Waals surface area contributed by atoms with Crippen molar-refractivity contribution in [3.8, 4) is 0 Å². The molecule has 6 nitrogen and oxygen atoms in total. The van der Waals surface area contributed by atoms with Crippen LogP contribution >= 0.6 is 0 Å². The van der Waals surface area contributed by atoms with E-state index in [9.17, 15) is 9.59 Å². The Morgan fingerprint density at radius 3 is 2.46 bits per heavy atom. The van der Waals surface area contributed by atoms with Gasteiger partial charge in [0.1, 0.15) is 6.79 Å². The molecule has 0 aliphatic rings. The van der Waals surface area contributed by atoms with Gasteiger partial charge in [-0.1, -0.05) is 0 Å². The summed E-state index contributed by atoms with van der Waals surface area (Å²) < 4.78 is 13.7. The number of aliphatic carboxylic acids is 1. The number of carbonyl (C=O) groups is 2. The molecular formula is C7H12O6. The Labute approximate surface area is 75.4 Å². The van der Waals surface area contributed by atoms with Crippen molar-refractivity contribution in [3.05, 3.63) is 0 Å². The zero-order valence-electron chi connectivity index (χ0n) is 7.32. The number of carboxylic acid groups (broad SMARTS) is 1. The molecular weight excluding hydrogens is 180 g/mol. The number of carboxylic acids is 1. The van der Waals surface area contributed by atoms with Gasteiger partial charge >= 0.3 is 11.9 Å². The second-order valence-electron chi connectivity index (χ2n) is 2.14. The van der Waals surface area contributed by atoms with Crippen LogP contribution < -0.4 is 0 Å². The van der Waals surface area contributed by atoms with Crippen LogP contribution in [-0.4, -0.2) is 37.7 Å². The van der Waals surface area contributed by atoms with E-state index in [-0.39, 0.29) is 26.4 Å². The number of hydrogen-bond donors (Lipinski definition) is 1. The van der Waals surface area contributed by atoms with Gasteiger partial charge in [-0.05, 0) is 0 Å². The number of hydrogen-bond acceptors (Lipinski definition) is 5. The molecule has 0 aromatic carbocycles. The number of esters is 1. The molecule has 0 rings (SSSR count). The Morgan fingerprint density at radius 2 is 1.92 bits per heavy atom. The molecule has 13 heavy (non-hydrogen) atoms. The Hall–Kier alpha value is -1.14. The first-order valence-electron chi connectivity index (χ1n) is 3.61. The summed E-state index contributed by atoms with van der Waals surface area (Å²) in [6, 6.07) is 0. The molecule has 0 aromatic rings. The minimum atomic E-state index is -1.03. The molecule has 0 aliphatic carbocycles. The molecule has 0 unspecified atom stereocenters. The second-order valence-corrected chi connectivity index (χ2v) is 2.14. The normalized spacial score (nSPS) is 9.62. The van der Waals surface area contributed by atoms with Crippen LogP contribution in [0.25, 0.3) is 0 Å². The monoisotopic (exact) mass is 192 g/mol. The van der Waals surface area contributed by atoms with E-state index in [1.165, 1.54) is 7.11 Å². The molecule has 6 heteroatoms. The standard InChI is InChI=1S/C7H12O6/c1-11-4-12-5-13-7(10)3-2-6(8)9/h2-5H2,1H3,(H,8,9). The zero-order valence-corrected chi connectivity index (χ0v) is 7.32. The Balaban J connectivity index is 3.25. The van der Waals surface area contributed by atoms with Gasteiger partial charge < -0.3 is 19.3 Å². The third-order valence-corrected chi connectivity index (χ3v) is 1.05. The Kier molecular flexibility index (Phi) is 6.85. The molecule has 0 saturated heterocycles. The summed E-state index contributed by atoms with van der Waals surface area (Å²) in [7, 11) is 1.44. The van der Waals surface area contributed by atoms with E-state index >= 15 is 0 Å². The highest BCUT2D eigenvalue weighted by Crippen LogP contribution is 1.92. The van der Waals surface area contributed by atoms with Crippen molar-refractivity contribution in [2.24, 2.45) is 0 Å². The number of methoxy groups -OCH3 is 1. The van der Waals surface area contributed by atoms with Crippen molar-refractivity contribution in [2.75, 3.05) is 20.7 Å². The zero-order chi connectivity index (χ0) is 10.1. The largest absolute Gasteiger partial charge is 0.481 e. The molecule has 0 amide bonds. The molecule has 0 atom stereocenters. The summed E-state index contributed by atoms with van der Waals surface area (Å²) >= 11 is 0. The molecule has 0 radical (unpaired) electrons. The van der Waals surface area contributed by atoms with E-state index in [1.54, 1.807) is 0 Å². The third-order valence-electron chi connectivity index (χ3n) is 1.05. The van der Waals surface area contributed by atoms with Gasteiger partial charge in [-0.2, -0.15) is 0 Å². The fourth-order valence-electron chi connectivity index (χ4n) is 0.506. The summed E-state index contributed by atoms with van der Waals surface area (Å²) in [4.78, 5) is 20.7. The maximum absolute atomic E-state index is 10.7. The predicted molar refractivity (Wildman–Crippen MR) is 40.8 cm³/mol. The SMILES string of the molecule is COCOCOC(=O)CCC(=O)O. The first-order valence-corrected chi connectivity index (χ1v) is 3.61. The summed E-state index contributed by atoms with van der Waals surface area (Å²) in [5.74, 6) is -1.63. The fraction of sp³-hybridized carbons (Fsp3) is 0.714. The molecule has 0 heterocycles. The summed E-state index contributed by atoms with van der Waals surface area (Å²) in [5, 5.41) is 8.21. The van der Waals surface area contributed by atoms with Crippen molar-refractivity contribution in [2.45, 2.75) is 12.8 Å². The summed E-state index contributed by atoms with van der Waals surface area (Å²) in [6.07, 6.45) is -0.380. The lowest BCUT2D eigenvalue weighted by Crippen LogP contribution is -2.11. The first-order chi connectivity index (χ1) is 6.16. The summed E-state index contributed by atoms with van der Waals surface area (Å²) in [5.41, 5.74) is 0. The van der Waals surface area contributed by atoms with E-state index < -0.39 is 11.9 Å². The van der Waals surface area contributed by atoms with Gasteiger partial charge in [0.2, 0.25) is 0 Å². The van der Waals surface area contributed by atoms with Crippen LogP contribution in [-0.2, 0) is 23.8 Å². The van der Waals surface area contributed by atoms with Gasteiger partial charge in [0.25, 0.3) is 0 Å². The van der Waals surface area contributed by atoms with Crippen LogP contribution in [0.4, 0.5) is 0 Å². The van der Waals surface area contributed by atoms with E-state index in [1.807, 2.05) is 0 Å². The van der Waals surface area contributed by atoms with Gasteiger partial charge in [0.15, 0.2) is 6.79 Å². The highest BCUT2D eigenvalue weighted by molar-refractivity contribution is 5.76. The highest BCUT2D eigenvalue weighted by atomic mass is 16.7. The minimum Gasteiger partial charge on any atom is -0.481 e. The molecule has 0 saturated carbocycles. The van der Waals surface area contributed by atoms with Gasteiger partial charge in [-0.15, -0.1) is 0 Å². The number of rotatable bonds is 7. The minimum absolute atomic E-state index is 0.0339. The van der Waals surface area contributed by atoms with Crippen LogP contribution in [0.15, 0.2) is 0 Å². The fourth-order valence-corrected chi connectivity index (χ4v) is 0.506. The number of ether oxygens (including phenoxy) is 3. The van der Waals surface area contributed by atoms with E-state index in [4.69, 9.17) is 5.11 Å². The molecule has 0 spiro atoms. The Morgan fingerprint density at radius 1 is 1.23 bits per heavy atom. The van der Waals surface area contributed by atoms with Gasteiger partial charge in [0.05, 0.1) is 12.8 Å². The quantitative estimate of drug-likeness (QED) is 0.346. The van der Waals surface area contributed by atoms with Crippen LogP contribution in [0.3, 0.4) is 0 Å². The average molecular weight is 192 g/mol. The number of carbonyl (C=O) groups excluding carboxylic acids is 1. The molecule has 1 N–H and O–H groups in total. The summed E-state index contributed by atoms with van der Waals surface area (Å²) in [6.45, 7) is -0.182. The molecule has 76 valence electrons. The van der Waals surface area contributed by atoms with Gasteiger partial charge in [0, 0.05) is 7.11 Å². The van der Waals surface area contributed by atoms with Crippen molar-refractivity contribution in [3.63, 3.8) is 0 Å². The van der Waals surface area contributed by atoms with Crippen LogP contribution in [0.5, 0.6) is 0 Å². The van der Waals surface area contributed by atoms with Crippen molar-refractivity contribution in [1.82, 2.24) is 0 Å². The van der Waals surface area contributed by atoms with Crippen molar-refractivity contribution in [1.29, 1.82) is 0 Å². The molecule has 0 bridgehead atoms. The topological polar surface area (TPSA) is 82.1 Å². The lowest BCUT2D eigenvalue weighted by Gasteiger charge is -2.03. The van der Waals surface area contributed by atoms with Crippen LogP contribution in [0.2, 0.25) is 0 Å². The van der Waals surface area contributed by atoms with E-state index in [0.29, 0.717) is 0 Å². The maximum Gasteiger partial charge on any atom is 0.308 e. The maximum atomic E-state index is 10.7. The molecule has 0 aliphatic heterocycles. The lowest BCUT2D eigenvalue weighted by atomic mass is 10.3. The Bertz CT molecular complexity index is 166. The third kappa shape index (κ3) is 8.77. The highest BCUT2D eigenvalue weighted by Gasteiger charge is 2.05. The second kappa shape index (κ2) is 7.51. The molecule has 0 aromatic heterocycles. The van der Waals surface area contributed by atoms with Crippen molar-refractivity contribution >= 4 is 11.9 Å². The smallest absolute Gasteiger partial charge is 0.308 e. The van der Waals surface area contributed by atoms with E-state index in [2.05, 4.69) is 14.2 Å². The van der Waals surface area contributed by atoms with Crippen LogP contribution in [0.1, 0.15) is 12.8 Å². The lowest BCUT2D eigenvalue weighted by molar-refractivity contribution is -0.167. The van der Waals surface area contributed by atoms with E-state index in [0.717, 1.165) is 0 Å². The van der Waals surface area contributed by atoms with Crippen molar-refractivity contribution < 1.29 is 28.9 Å². The van der Waals surface area contributed by atoms with Gasteiger partial charge in [-0.25, -0.2) is 0 Å². The predicted octanol–water partition coefficient (Wildman–Crippen LogP) is -0.0276. The first kappa shape index (κ1) is 11.9. The molecule has 0 fully saturated rings. The average Bonchev–Trinajstić information content (AvgIpc) is 2.09.